The third-order valence-corrected chi connectivity index (χ3v) is 9.57. The Balaban J connectivity index is 0. The predicted octanol–water partition coefficient (Wildman–Crippen LogP) is -4.07. The van der Waals surface area contributed by atoms with Crippen LogP contribution in [0.5, 0.6) is 0 Å². The van der Waals surface area contributed by atoms with Crippen LogP contribution in [0.4, 0.5) is 0 Å². The van der Waals surface area contributed by atoms with Gasteiger partial charge in [0, 0.05) is 52.4 Å². The summed E-state index contributed by atoms with van der Waals surface area (Å²) in [5.74, 6) is 0. The third-order valence-electron chi connectivity index (χ3n) is 9.57. The van der Waals surface area contributed by atoms with Gasteiger partial charge in [-0.3, -0.25) is 0 Å². The van der Waals surface area contributed by atoms with Gasteiger partial charge in [-0.1, -0.05) is 0 Å². The molecule has 0 saturated heterocycles. The SMILES string of the molecule is C=C.NCCOCCOCC(COCC(COCC(COCC(COCC(COCC(COOCCN)OCCOCCN)OCCOCCN)OCCOCCN)OCCOCCN)OCCOCCN)OCCOCCN. The van der Waals surface area contributed by atoms with Crippen molar-refractivity contribution in [3.05, 3.63) is 13.2 Å². The summed E-state index contributed by atoms with van der Waals surface area (Å²) >= 11 is 0. The third kappa shape index (κ3) is 59.5. The normalized spacial score (nSPS) is 14.0. The minimum Gasteiger partial charge on any atom is -0.378 e. The van der Waals surface area contributed by atoms with Crippen LogP contribution in [0.2, 0.25) is 0 Å². The largest absolute Gasteiger partial charge is 0.378 e. The first-order valence-corrected chi connectivity index (χ1v) is 27.6. The van der Waals surface area contributed by atoms with Crippen LogP contribution in [0, 0.1) is 0 Å². The Hall–Kier alpha value is -1.42. The van der Waals surface area contributed by atoms with E-state index in [9.17, 15) is 0 Å². The van der Waals surface area contributed by atoms with Crippen LogP contribution in [0.25, 0.3) is 0 Å². The van der Waals surface area contributed by atoms with E-state index in [1.807, 2.05) is 0 Å². The second-order valence-electron chi connectivity index (χ2n) is 16.4. The summed E-state index contributed by atoms with van der Waals surface area (Å²) in [6.07, 6.45) is -2.85. The first-order valence-electron chi connectivity index (χ1n) is 27.6. The molecule has 0 saturated carbocycles. The minimum absolute atomic E-state index is 0.102. The fourth-order valence-electron chi connectivity index (χ4n) is 6.02. The fourth-order valence-corrected chi connectivity index (χ4v) is 6.02. The van der Waals surface area contributed by atoms with E-state index in [0.29, 0.717) is 165 Å². The molecule has 79 heavy (non-hydrogen) atoms. The molecule has 29 nitrogen and oxygen atoms in total. The van der Waals surface area contributed by atoms with Crippen molar-refractivity contribution < 1.29 is 99.8 Å². The number of hydrogen-bond donors (Lipinski definition) is 8. The Labute approximate surface area is 471 Å². The lowest BCUT2D eigenvalue weighted by Crippen LogP contribution is -2.36. The Bertz CT molecular complexity index is 1140. The lowest BCUT2D eigenvalue weighted by Gasteiger charge is -2.24. The fraction of sp³-hybridized carbons (Fsp3) is 0.960. The van der Waals surface area contributed by atoms with Crippen molar-refractivity contribution in [1.82, 2.24) is 0 Å². The average Bonchev–Trinajstić information content (AvgIpc) is 3.46. The highest BCUT2D eigenvalue weighted by Crippen LogP contribution is 2.07. The van der Waals surface area contributed by atoms with Gasteiger partial charge >= 0.3 is 0 Å². The molecule has 0 aliphatic carbocycles. The van der Waals surface area contributed by atoms with Gasteiger partial charge in [-0.25, -0.2) is 9.78 Å². The van der Waals surface area contributed by atoms with Crippen LogP contribution < -0.4 is 45.9 Å². The van der Waals surface area contributed by atoms with Gasteiger partial charge in [0.1, 0.15) is 43.2 Å². The average molecular weight is 1160 g/mol. The molecule has 16 N–H and O–H groups in total. The molecular weight excluding hydrogens is 1050 g/mol. The Morgan fingerprint density at radius 3 is 0.570 bits per heavy atom. The van der Waals surface area contributed by atoms with Gasteiger partial charge in [0.25, 0.3) is 0 Å². The highest BCUT2D eigenvalue weighted by molar-refractivity contribution is 4.66. The van der Waals surface area contributed by atoms with E-state index in [0.717, 1.165) is 0 Å². The van der Waals surface area contributed by atoms with Crippen molar-refractivity contribution >= 4 is 0 Å². The van der Waals surface area contributed by atoms with Gasteiger partial charge in [-0.05, 0) is 0 Å². The van der Waals surface area contributed by atoms with Gasteiger partial charge in [-0.2, -0.15) is 0 Å². The van der Waals surface area contributed by atoms with E-state index >= 15 is 0 Å². The summed E-state index contributed by atoms with van der Waals surface area (Å²) < 4.78 is 112. The quantitative estimate of drug-likeness (QED) is 0.0124. The highest BCUT2D eigenvalue weighted by Gasteiger charge is 2.20. The van der Waals surface area contributed by atoms with E-state index in [-0.39, 0.29) is 118 Å². The molecule has 0 aromatic carbocycles. The van der Waals surface area contributed by atoms with E-state index in [4.69, 9.17) is 146 Å². The van der Waals surface area contributed by atoms with Crippen molar-refractivity contribution in [3.63, 3.8) is 0 Å². The molecule has 0 aromatic rings. The summed E-state index contributed by atoms with van der Waals surface area (Å²) in [6.45, 7) is 18.9. The van der Waals surface area contributed by atoms with Crippen molar-refractivity contribution in [3.8, 4) is 0 Å². The van der Waals surface area contributed by atoms with Crippen molar-refractivity contribution in [2.75, 3.05) is 277 Å². The summed E-state index contributed by atoms with van der Waals surface area (Å²) in [7, 11) is 0. The number of ether oxygens (including phenoxy) is 19. The summed E-state index contributed by atoms with van der Waals surface area (Å²) in [5, 5.41) is 0. The molecule has 0 spiro atoms. The molecule has 0 amide bonds. The standard InChI is InChI=1S/C48H106N8O21.C2H4/c49-1-9-57-17-18-64-31-43(70-25-19-58-10-2-50)32-65-33-44(71-26-20-59-11-3-51)34-66-35-45(72-27-21-60-12-4-52)36-67-37-46(73-28-22-61-13-5-53)38-68-39-47(74-29-23-62-14-6-54)40-69-41-48(42-77-76-16-8-56)75-30-24-63-15-7-55;1-2/h43-48H,1-42,49-56H2;1-2H2. The van der Waals surface area contributed by atoms with Crippen LogP contribution in [-0.2, 0) is 99.8 Å². The number of nitrogens with two attached hydrogens (primary N) is 8. The molecule has 0 radical (unpaired) electrons. The molecule has 0 heterocycles. The first kappa shape index (κ1) is 79.6. The topological polar surface area (TPSA) is 402 Å². The highest BCUT2D eigenvalue weighted by atomic mass is 17.2. The van der Waals surface area contributed by atoms with Crippen molar-refractivity contribution in [2.45, 2.75) is 36.6 Å². The second-order valence-corrected chi connectivity index (χ2v) is 16.4. The summed E-state index contributed by atoms with van der Waals surface area (Å²) in [5.41, 5.74) is 44.5. The van der Waals surface area contributed by atoms with E-state index < -0.39 is 30.5 Å². The molecule has 0 fully saturated rings. The van der Waals surface area contributed by atoms with E-state index in [1.54, 1.807) is 0 Å². The molecular formula is C50H110N8O21. The maximum absolute atomic E-state index is 6.22. The maximum Gasteiger partial charge on any atom is 0.111 e. The predicted molar refractivity (Wildman–Crippen MR) is 295 cm³/mol. The molecule has 0 aliphatic rings. The molecule has 6 unspecified atom stereocenters. The van der Waals surface area contributed by atoms with E-state index in [1.165, 1.54) is 0 Å². The lowest BCUT2D eigenvalue weighted by molar-refractivity contribution is -0.307. The second kappa shape index (κ2) is 69.1. The van der Waals surface area contributed by atoms with Gasteiger partial charge in [0.15, 0.2) is 0 Å². The zero-order chi connectivity index (χ0) is 58.0. The minimum atomic E-state index is -0.511. The van der Waals surface area contributed by atoms with Crippen molar-refractivity contribution in [1.29, 1.82) is 0 Å². The summed E-state index contributed by atoms with van der Waals surface area (Å²) in [4.78, 5) is 10.4. The molecule has 476 valence electrons. The molecule has 6 atom stereocenters. The van der Waals surface area contributed by atoms with Crippen molar-refractivity contribution in [2.24, 2.45) is 45.9 Å². The van der Waals surface area contributed by atoms with Crippen LogP contribution >= 0.6 is 0 Å². The number of hydrogen-bond acceptors (Lipinski definition) is 29. The molecule has 0 aliphatic heterocycles. The molecule has 0 rings (SSSR count). The zero-order valence-corrected chi connectivity index (χ0v) is 47.8. The monoisotopic (exact) mass is 1160 g/mol. The van der Waals surface area contributed by atoms with Gasteiger partial charge in [0.05, 0.1) is 218 Å². The molecule has 29 heteroatoms. The molecule has 0 bridgehead atoms. The zero-order valence-electron chi connectivity index (χ0n) is 47.8. The maximum atomic E-state index is 6.22. The Morgan fingerprint density at radius 2 is 0.354 bits per heavy atom. The smallest absolute Gasteiger partial charge is 0.111 e. The number of rotatable bonds is 68. The van der Waals surface area contributed by atoms with Gasteiger partial charge < -0.3 is 136 Å². The van der Waals surface area contributed by atoms with E-state index in [2.05, 4.69) is 13.2 Å². The summed E-state index contributed by atoms with van der Waals surface area (Å²) in [6, 6.07) is 0. The molecule has 0 aromatic heterocycles. The van der Waals surface area contributed by atoms with Crippen LogP contribution in [-0.4, -0.2) is 314 Å². The van der Waals surface area contributed by atoms with Crippen LogP contribution in [0.15, 0.2) is 13.2 Å². The Kier molecular flexibility index (Phi) is 69.6. The lowest BCUT2D eigenvalue weighted by atomic mass is 10.3. The van der Waals surface area contributed by atoms with Crippen LogP contribution in [0.3, 0.4) is 0 Å². The first-order chi connectivity index (χ1) is 39.0. The van der Waals surface area contributed by atoms with Gasteiger partial charge in [-0.15, -0.1) is 13.2 Å². The van der Waals surface area contributed by atoms with Crippen LogP contribution in [0.1, 0.15) is 0 Å². The van der Waals surface area contributed by atoms with Gasteiger partial charge in [0.2, 0.25) is 0 Å². The Morgan fingerprint density at radius 1 is 0.177 bits per heavy atom.